The zero-order chi connectivity index (χ0) is 21.4. The molecule has 10 heteroatoms. The fraction of sp³-hybridized carbons (Fsp3) is 0.474. The number of thiazole rings is 1. The molecule has 0 aliphatic carbocycles. The number of ether oxygens (including phenoxy) is 1. The van der Waals surface area contributed by atoms with Crippen LogP contribution < -0.4 is 15.4 Å². The maximum absolute atomic E-state index is 12.2. The van der Waals surface area contributed by atoms with Crippen molar-refractivity contribution < 1.29 is 23.0 Å². The molecule has 29 heavy (non-hydrogen) atoms. The molecule has 2 aromatic rings. The molecule has 0 saturated heterocycles. The summed E-state index contributed by atoms with van der Waals surface area (Å²) in [5.74, 6) is 0.545. The molecule has 0 spiro atoms. The minimum Gasteiger partial charge on any atom is -0.406 e. The van der Waals surface area contributed by atoms with E-state index in [1.807, 2.05) is 12.3 Å². The maximum Gasteiger partial charge on any atom is 0.573 e. The molecule has 2 rings (SSSR count). The number of aliphatic hydroxyl groups excluding tert-OH is 1. The van der Waals surface area contributed by atoms with Gasteiger partial charge < -0.3 is 20.5 Å². The number of halogens is 3. The quantitative estimate of drug-likeness (QED) is 0.437. The molecule has 1 aromatic carbocycles. The Morgan fingerprint density at radius 1 is 1.24 bits per heavy atom. The minimum atomic E-state index is -4.74. The Morgan fingerprint density at radius 2 is 1.93 bits per heavy atom. The number of guanidine groups is 1. The third-order valence-electron chi connectivity index (χ3n) is 3.84. The van der Waals surface area contributed by atoms with Crippen molar-refractivity contribution in [2.45, 2.75) is 45.7 Å². The van der Waals surface area contributed by atoms with Gasteiger partial charge in [0.1, 0.15) is 10.8 Å². The average Bonchev–Trinajstić information content (AvgIpc) is 3.12. The number of aromatic nitrogens is 1. The summed E-state index contributed by atoms with van der Waals surface area (Å²) >= 11 is 1.55. The Kier molecular flexibility index (Phi) is 8.27. The molecular weight excluding hydrogens is 405 g/mol. The Labute approximate surface area is 171 Å². The highest BCUT2D eigenvalue weighted by Crippen LogP contribution is 2.24. The van der Waals surface area contributed by atoms with Gasteiger partial charge >= 0.3 is 6.36 Å². The highest BCUT2D eigenvalue weighted by atomic mass is 32.1. The van der Waals surface area contributed by atoms with E-state index in [0.29, 0.717) is 30.5 Å². The molecule has 0 saturated carbocycles. The number of hydrogen-bond donors (Lipinski definition) is 3. The Morgan fingerprint density at radius 3 is 2.48 bits per heavy atom. The first-order chi connectivity index (χ1) is 13.7. The van der Waals surface area contributed by atoms with E-state index in [-0.39, 0.29) is 12.3 Å². The van der Waals surface area contributed by atoms with Crippen LogP contribution >= 0.6 is 11.3 Å². The number of hydrogen-bond acceptors (Lipinski definition) is 5. The highest BCUT2D eigenvalue weighted by Gasteiger charge is 2.31. The summed E-state index contributed by atoms with van der Waals surface area (Å²) in [6.07, 6.45) is -5.67. The minimum absolute atomic E-state index is 0.139. The van der Waals surface area contributed by atoms with Crippen molar-refractivity contribution in [3.63, 3.8) is 0 Å². The molecule has 0 aliphatic heterocycles. The maximum atomic E-state index is 12.2. The van der Waals surface area contributed by atoms with Gasteiger partial charge in [-0.05, 0) is 30.5 Å². The van der Waals surface area contributed by atoms with Crippen LogP contribution in [0.1, 0.15) is 49.1 Å². The third-order valence-corrected chi connectivity index (χ3v) is 4.69. The van der Waals surface area contributed by atoms with Gasteiger partial charge in [-0.1, -0.05) is 26.0 Å². The molecule has 1 aromatic heterocycles. The molecule has 3 N–H and O–H groups in total. The molecule has 0 fully saturated rings. The van der Waals surface area contributed by atoms with E-state index in [4.69, 9.17) is 0 Å². The van der Waals surface area contributed by atoms with Crippen molar-refractivity contribution in [1.82, 2.24) is 15.6 Å². The fourth-order valence-corrected chi connectivity index (χ4v) is 3.23. The molecular formula is C19H25F3N4O2S. The lowest BCUT2D eigenvalue weighted by Crippen LogP contribution is -2.39. The molecule has 160 valence electrons. The smallest absolute Gasteiger partial charge is 0.406 e. The number of rotatable bonds is 8. The van der Waals surface area contributed by atoms with E-state index in [9.17, 15) is 18.3 Å². The van der Waals surface area contributed by atoms with Crippen molar-refractivity contribution >= 4 is 17.3 Å². The topological polar surface area (TPSA) is 78.8 Å². The summed E-state index contributed by atoms with van der Waals surface area (Å²) in [6.45, 7) is 7.27. The first-order valence-electron chi connectivity index (χ1n) is 9.18. The van der Waals surface area contributed by atoms with Crippen LogP contribution in [0, 0.1) is 0 Å². The Bertz CT molecular complexity index is 791. The lowest BCUT2D eigenvalue weighted by molar-refractivity contribution is -0.274. The molecule has 0 bridgehead atoms. The summed E-state index contributed by atoms with van der Waals surface area (Å²) in [6, 6.07) is 5.11. The van der Waals surface area contributed by atoms with Gasteiger partial charge in [0, 0.05) is 18.5 Å². The third kappa shape index (κ3) is 7.90. The van der Waals surface area contributed by atoms with Gasteiger partial charge in [-0.15, -0.1) is 24.5 Å². The zero-order valence-electron chi connectivity index (χ0n) is 16.5. The molecule has 1 heterocycles. The SMILES string of the molecule is CCNC(=NCc1nc(C(C)C)cs1)NCC(O)c1ccc(OC(F)(F)F)cc1. The van der Waals surface area contributed by atoms with Gasteiger partial charge in [0.05, 0.1) is 18.3 Å². The van der Waals surface area contributed by atoms with Gasteiger partial charge in [-0.25, -0.2) is 9.98 Å². The molecule has 0 aliphatic rings. The van der Waals surface area contributed by atoms with Gasteiger partial charge in [0.15, 0.2) is 5.96 Å². The highest BCUT2D eigenvalue weighted by molar-refractivity contribution is 7.09. The molecule has 0 radical (unpaired) electrons. The molecule has 1 unspecified atom stereocenters. The number of alkyl halides is 3. The largest absolute Gasteiger partial charge is 0.573 e. The average molecular weight is 430 g/mol. The van der Waals surface area contributed by atoms with E-state index in [2.05, 4.69) is 39.2 Å². The Hall–Kier alpha value is -2.33. The summed E-state index contributed by atoms with van der Waals surface area (Å²) in [5.41, 5.74) is 1.50. The number of aliphatic imine (C=N–C) groups is 1. The number of nitrogens with one attached hydrogen (secondary N) is 2. The zero-order valence-corrected chi connectivity index (χ0v) is 17.3. The first kappa shape index (κ1) is 23.0. The lowest BCUT2D eigenvalue weighted by Gasteiger charge is -2.16. The van der Waals surface area contributed by atoms with Gasteiger partial charge in [0.25, 0.3) is 0 Å². The molecule has 0 amide bonds. The van der Waals surface area contributed by atoms with Crippen molar-refractivity contribution in [2.24, 2.45) is 4.99 Å². The standard InChI is InChI=1S/C19H25F3N4O2S/c1-4-23-18(25-10-17-26-15(11-29-17)12(2)3)24-9-16(27)13-5-7-14(8-6-13)28-19(20,21)22/h5-8,11-12,16,27H,4,9-10H2,1-3H3,(H2,23,24,25). The normalized spacial score (nSPS) is 13.4. The van der Waals surface area contributed by atoms with E-state index in [0.717, 1.165) is 10.7 Å². The number of nitrogens with zero attached hydrogens (tertiary/aromatic N) is 2. The van der Waals surface area contributed by atoms with Crippen LogP contribution in [-0.4, -0.2) is 35.5 Å². The van der Waals surface area contributed by atoms with Crippen molar-refractivity contribution in [2.75, 3.05) is 13.1 Å². The van der Waals surface area contributed by atoms with Gasteiger partial charge in [0.2, 0.25) is 0 Å². The van der Waals surface area contributed by atoms with Crippen LogP contribution in [0.4, 0.5) is 13.2 Å². The van der Waals surface area contributed by atoms with E-state index in [1.54, 1.807) is 11.3 Å². The van der Waals surface area contributed by atoms with E-state index in [1.165, 1.54) is 24.3 Å². The van der Waals surface area contributed by atoms with Crippen LogP contribution in [0.25, 0.3) is 0 Å². The fourth-order valence-electron chi connectivity index (χ4n) is 2.35. The van der Waals surface area contributed by atoms with E-state index >= 15 is 0 Å². The predicted molar refractivity (Wildman–Crippen MR) is 107 cm³/mol. The summed E-state index contributed by atoms with van der Waals surface area (Å²) in [4.78, 5) is 9.00. The summed E-state index contributed by atoms with van der Waals surface area (Å²) < 4.78 is 40.5. The lowest BCUT2D eigenvalue weighted by atomic mass is 10.1. The molecule has 1 atom stereocenters. The summed E-state index contributed by atoms with van der Waals surface area (Å²) in [7, 11) is 0. The van der Waals surface area contributed by atoms with Gasteiger partial charge in [-0.2, -0.15) is 0 Å². The van der Waals surface area contributed by atoms with Crippen LogP contribution in [0.15, 0.2) is 34.6 Å². The van der Waals surface area contributed by atoms with Crippen molar-refractivity contribution in [3.8, 4) is 5.75 Å². The second-order valence-electron chi connectivity index (χ2n) is 6.53. The number of aliphatic hydroxyl groups is 1. The molecule has 6 nitrogen and oxygen atoms in total. The Balaban J connectivity index is 1.92. The predicted octanol–water partition coefficient (Wildman–Crippen LogP) is 3.95. The number of benzene rings is 1. The second kappa shape index (κ2) is 10.4. The summed E-state index contributed by atoms with van der Waals surface area (Å²) in [5, 5.41) is 19.3. The first-order valence-corrected chi connectivity index (χ1v) is 10.1. The van der Waals surface area contributed by atoms with Crippen LogP contribution in [-0.2, 0) is 6.54 Å². The van der Waals surface area contributed by atoms with Crippen molar-refractivity contribution in [3.05, 3.63) is 45.9 Å². The van der Waals surface area contributed by atoms with Crippen LogP contribution in [0.5, 0.6) is 5.75 Å². The monoisotopic (exact) mass is 430 g/mol. The van der Waals surface area contributed by atoms with Crippen LogP contribution in [0.2, 0.25) is 0 Å². The van der Waals surface area contributed by atoms with Crippen molar-refractivity contribution in [1.29, 1.82) is 0 Å². The second-order valence-corrected chi connectivity index (χ2v) is 7.47. The van der Waals surface area contributed by atoms with E-state index < -0.39 is 12.5 Å². The van der Waals surface area contributed by atoms with Gasteiger partial charge in [-0.3, -0.25) is 0 Å². The van der Waals surface area contributed by atoms with Crippen LogP contribution in [0.3, 0.4) is 0 Å².